The van der Waals surface area contributed by atoms with Gasteiger partial charge in [-0.25, -0.2) is 9.97 Å². The summed E-state index contributed by atoms with van der Waals surface area (Å²) in [7, 11) is 0. The van der Waals surface area contributed by atoms with E-state index in [9.17, 15) is 9.59 Å². The van der Waals surface area contributed by atoms with Gasteiger partial charge in [-0.15, -0.1) is 0 Å². The molecule has 7 nitrogen and oxygen atoms in total. The molecule has 0 unspecified atom stereocenters. The van der Waals surface area contributed by atoms with Crippen molar-refractivity contribution in [1.29, 1.82) is 0 Å². The maximum absolute atomic E-state index is 13.0. The van der Waals surface area contributed by atoms with E-state index in [0.29, 0.717) is 13.1 Å². The van der Waals surface area contributed by atoms with Crippen LogP contribution in [0.25, 0.3) is 0 Å². The number of nitrogens with zero attached hydrogens (tertiary/aromatic N) is 5. The zero-order valence-corrected chi connectivity index (χ0v) is 17.8. The number of hydrogen-bond acceptors (Lipinski definition) is 5. The summed E-state index contributed by atoms with van der Waals surface area (Å²) in [6.45, 7) is 8.63. The third kappa shape index (κ3) is 4.44. The molecule has 158 valence electrons. The van der Waals surface area contributed by atoms with Gasteiger partial charge >= 0.3 is 0 Å². The Balaban J connectivity index is 1.41. The Morgan fingerprint density at radius 3 is 2.62 bits per heavy atom. The summed E-state index contributed by atoms with van der Waals surface area (Å²) < 4.78 is 0. The van der Waals surface area contributed by atoms with Crippen LogP contribution in [0.4, 0.5) is 0 Å². The van der Waals surface area contributed by atoms with Crippen LogP contribution in [-0.4, -0.2) is 75.2 Å². The molecule has 4 heterocycles. The van der Waals surface area contributed by atoms with Gasteiger partial charge in [0.2, 0.25) is 11.8 Å². The average molecular weight is 400 g/mol. The molecule has 0 aromatic carbocycles. The Morgan fingerprint density at radius 1 is 1.07 bits per heavy atom. The number of piperidine rings is 2. The largest absolute Gasteiger partial charge is 0.342 e. The molecule has 1 aromatic rings. The van der Waals surface area contributed by atoms with E-state index in [1.807, 2.05) is 22.9 Å². The average Bonchev–Trinajstić information content (AvgIpc) is 2.78. The van der Waals surface area contributed by atoms with E-state index >= 15 is 0 Å². The van der Waals surface area contributed by atoms with Crippen molar-refractivity contribution in [1.82, 2.24) is 24.7 Å². The summed E-state index contributed by atoms with van der Waals surface area (Å²) in [4.78, 5) is 40.5. The first kappa shape index (κ1) is 20.3. The summed E-state index contributed by atoms with van der Waals surface area (Å²) in [6.07, 6.45) is 8.39. The molecule has 2 fully saturated rings. The fourth-order valence-electron chi connectivity index (χ4n) is 4.92. The van der Waals surface area contributed by atoms with Crippen LogP contribution in [0.1, 0.15) is 69.0 Å². The number of fused-ring (bicyclic) bond motifs is 1. The topological polar surface area (TPSA) is 69.6 Å². The van der Waals surface area contributed by atoms with Gasteiger partial charge in [-0.2, -0.15) is 0 Å². The Hall–Kier alpha value is -2.02. The Morgan fingerprint density at radius 2 is 1.86 bits per heavy atom. The second-order valence-corrected chi connectivity index (χ2v) is 8.79. The Bertz CT molecular complexity index is 762. The molecule has 0 radical (unpaired) electrons. The van der Waals surface area contributed by atoms with Crippen LogP contribution in [0, 0.1) is 0 Å². The minimum Gasteiger partial charge on any atom is -0.342 e. The molecule has 3 aliphatic rings. The van der Waals surface area contributed by atoms with Gasteiger partial charge < -0.3 is 9.80 Å². The van der Waals surface area contributed by atoms with Gasteiger partial charge in [-0.05, 0) is 45.7 Å². The third-order valence-electron chi connectivity index (χ3n) is 6.79. The van der Waals surface area contributed by atoms with E-state index in [1.54, 1.807) is 6.92 Å². The molecule has 3 aliphatic heterocycles. The zero-order chi connectivity index (χ0) is 20.4. The van der Waals surface area contributed by atoms with Gasteiger partial charge in [0.15, 0.2) is 0 Å². The summed E-state index contributed by atoms with van der Waals surface area (Å²) in [6, 6.07) is -0.0446. The van der Waals surface area contributed by atoms with Gasteiger partial charge in [0.1, 0.15) is 5.82 Å². The van der Waals surface area contributed by atoms with Crippen molar-refractivity contribution >= 4 is 11.8 Å². The first-order valence-corrected chi connectivity index (χ1v) is 11.2. The SMILES string of the molecule is CC(=O)N1CCC[C@H](c2ncc3c(n2)CCN(C(=O)[C@@H](C)N2CCCCC2)C3)C1. The van der Waals surface area contributed by atoms with E-state index in [1.165, 1.54) is 19.3 Å². The van der Waals surface area contributed by atoms with Crippen molar-refractivity contribution in [3.05, 3.63) is 23.3 Å². The molecular weight excluding hydrogens is 366 g/mol. The van der Waals surface area contributed by atoms with Crippen molar-refractivity contribution < 1.29 is 9.59 Å². The number of aromatic nitrogens is 2. The number of amides is 2. The molecule has 4 rings (SSSR count). The predicted octanol–water partition coefficient (Wildman–Crippen LogP) is 1.96. The molecule has 0 aliphatic carbocycles. The molecule has 2 amide bonds. The summed E-state index contributed by atoms with van der Waals surface area (Å²) in [5, 5.41) is 0. The molecular formula is C22H33N5O2. The number of hydrogen-bond donors (Lipinski definition) is 0. The lowest BCUT2D eigenvalue weighted by Gasteiger charge is -2.36. The van der Waals surface area contributed by atoms with E-state index in [0.717, 1.165) is 62.5 Å². The van der Waals surface area contributed by atoms with Crippen LogP contribution in [0.15, 0.2) is 6.20 Å². The van der Waals surface area contributed by atoms with Gasteiger partial charge in [0.05, 0.1) is 11.7 Å². The number of carbonyl (C=O) groups is 2. The monoisotopic (exact) mass is 399 g/mol. The maximum atomic E-state index is 13.0. The van der Waals surface area contributed by atoms with Crippen molar-refractivity contribution in [2.75, 3.05) is 32.7 Å². The van der Waals surface area contributed by atoms with Crippen molar-refractivity contribution in [3.63, 3.8) is 0 Å². The van der Waals surface area contributed by atoms with Gasteiger partial charge in [0, 0.05) is 57.2 Å². The molecule has 1 aromatic heterocycles. The Labute approximate surface area is 173 Å². The van der Waals surface area contributed by atoms with Crippen molar-refractivity contribution in [3.8, 4) is 0 Å². The molecule has 0 N–H and O–H groups in total. The van der Waals surface area contributed by atoms with Crippen LogP contribution in [-0.2, 0) is 22.6 Å². The normalized spacial score (nSPS) is 24.1. The van der Waals surface area contributed by atoms with Crippen LogP contribution in [0.3, 0.4) is 0 Å². The molecule has 0 spiro atoms. The van der Waals surface area contributed by atoms with E-state index in [-0.39, 0.29) is 23.8 Å². The molecule has 2 atom stereocenters. The van der Waals surface area contributed by atoms with Crippen LogP contribution in [0.2, 0.25) is 0 Å². The summed E-state index contributed by atoms with van der Waals surface area (Å²) in [5.74, 6) is 1.43. The number of carbonyl (C=O) groups excluding carboxylic acids is 2. The van der Waals surface area contributed by atoms with Crippen LogP contribution >= 0.6 is 0 Å². The highest BCUT2D eigenvalue weighted by molar-refractivity contribution is 5.81. The van der Waals surface area contributed by atoms with E-state index in [4.69, 9.17) is 4.98 Å². The highest BCUT2D eigenvalue weighted by atomic mass is 16.2. The summed E-state index contributed by atoms with van der Waals surface area (Å²) >= 11 is 0. The second-order valence-electron chi connectivity index (χ2n) is 8.79. The molecule has 29 heavy (non-hydrogen) atoms. The van der Waals surface area contributed by atoms with Gasteiger partial charge in [-0.3, -0.25) is 14.5 Å². The Kier molecular flexibility index (Phi) is 6.13. The van der Waals surface area contributed by atoms with Crippen LogP contribution in [0.5, 0.6) is 0 Å². The van der Waals surface area contributed by atoms with Crippen molar-refractivity contribution in [2.24, 2.45) is 0 Å². The van der Waals surface area contributed by atoms with E-state index in [2.05, 4.69) is 9.88 Å². The molecule has 0 bridgehead atoms. The predicted molar refractivity (Wildman–Crippen MR) is 110 cm³/mol. The zero-order valence-electron chi connectivity index (χ0n) is 17.8. The molecule has 0 saturated carbocycles. The number of rotatable bonds is 3. The van der Waals surface area contributed by atoms with Crippen molar-refractivity contribution in [2.45, 2.75) is 70.9 Å². The fourth-order valence-corrected chi connectivity index (χ4v) is 4.92. The van der Waals surface area contributed by atoms with E-state index < -0.39 is 0 Å². The molecule has 7 heteroatoms. The lowest BCUT2D eigenvalue weighted by molar-refractivity contribution is -0.137. The maximum Gasteiger partial charge on any atom is 0.239 e. The first-order chi connectivity index (χ1) is 14.0. The van der Waals surface area contributed by atoms with Crippen LogP contribution < -0.4 is 0 Å². The highest BCUT2D eigenvalue weighted by Gasteiger charge is 2.31. The lowest BCUT2D eigenvalue weighted by atomic mass is 9.96. The lowest BCUT2D eigenvalue weighted by Crippen LogP contribution is -2.50. The standard InChI is InChI=1S/C22H33N5O2/c1-16(25-9-4-3-5-10-25)22(29)27-12-8-20-19(15-27)13-23-21(24-20)18-7-6-11-26(14-18)17(2)28/h13,16,18H,3-12,14-15H2,1-2H3/t16-,18+/m1/s1. The molecule has 2 saturated heterocycles. The quantitative estimate of drug-likeness (QED) is 0.777. The van der Waals surface area contributed by atoms with Gasteiger partial charge in [-0.1, -0.05) is 6.42 Å². The smallest absolute Gasteiger partial charge is 0.239 e. The summed E-state index contributed by atoms with van der Waals surface area (Å²) in [5.41, 5.74) is 2.14. The first-order valence-electron chi connectivity index (χ1n) is 11.2. The third-order valence-corrected chi connectivity index (χ3v) is 6.79. The highest BCUT2D eigenvalue weighted by Crippen LogP contribution is 2.27. The minimum absolute atomic E-state index is 0.0446. The minimum atomic E-state index is -0.0446. The van der Waals surface area contributed by atoms with Gasteiger partial charge in [0.25, 0.3) is 0 Å². The second kappa shape index (κ2) is 8.78. The fraction of sp³-hybridized carbons (Fsp3) is 0.727. The number of likely N-dealkylation sites (tertiary alicyclic amines) is 2.